The van der Waals surface area contributed by atoms with Crippen LogP contribution in [0.3, 0.4) is 0 Å². The molecule has 6 heteroatoms. The Kier molecular flexibility index (Phi) is 6.17. The maximum absolute atomic E-state index is 13.5. The van der Waals surface area contributed by atoms with Crippen LogP contribution in [0.25, 0.3) is 27.9 Å². The molecular formula is C39H32N2O4. The van der Waals surface area contributed by atoms with Gasteiger partial charge in [0.1, 0.15) is 0 Å². The number of aromatic nitrogens is 1. The number of fused-ring (bicyclic) bond motifs is 7. The molecular weight excluding hydrogens is 560 g/mol. The number of pyridine rings is 1. The van der Waals surface area contributed by atoms with E-state index in [0.29, 0.717) is 6.42 Å². The highest BCUT2D eigenvalue weighted by Gasteiger charge is 2.56. The van der Waals surface area contributed by atoms with Crippen LogP contribution in [0.5, 0.6) is 0 Å². The fraction of sp³-hybridized carbons (Fsp3) is 0.205. The lowest BCUT2D eigenvalue weighted by atomic mass is 9.59. The monoisotopic (exact) mass is 592 g/mol. The number of nitrogens with zero attached hydrogens (tertiary/aromatic N) is 1. The van der Waals surface area contributed by atoms with Gasteiger partial charge in [0.2, 0.25) is 0 Å². The van der Waals surface area contributed by atoms with Crippen molar-refractivity contribution in [2.75, 3.05) is 14.2 Å². The summed E-state index contributed by atoms with van der Waals surface area (Å²) in [5.41, 5.74) is 8.33. The molecule has 6 nitrogen and oxygen atoms in total. The van der Waals surface area contributed by atoms with Gasteiger partial charge in [-0.15, -0.1) is 0 Å². The first-order valence-electron chi connectivity index (χ1n) is 15.3. The minimum atomic E-state index is -0.850. The van der Waals surface area contributed by atoms with Gasteiger partial charge >= 0.3 is 11.9 Å². The number of hydrogen-bond donors (Lipinski definition) is 1. The quantitative estimate of drug-likeness (QED) is 0.251. The van der Waals surface area contributed by atoms with Crippen molar-refractivity contribution in [1.29, 1.82) is 0 Å². The molecule has 4 aromatic rings. The number of hydrogen-bond acceptors (Lipinski definition) is 6. The summed E-state index contributed by atoms with van der Waals surface area (Å²) in [5.74, 6) is -0.630. The van der Waals surface area contributed by atoms with Crippen LogP contribution < -0.4 is 5.32 Å². The minimum Gasteiger partial charge on any atom is -0.469 e. The van der Waals surface area contributed by atoms with E-state index in [4.69, 9.17) is 14.5 Å². The van der Waals surface area contributed by atoms with Crippen molar-refractivity contribution in [3.8, 4) is 11.3 Å². The SMILES string of the molecule is COC(=O)CC1(CC2(CC(=O)OC)c3ccccc3-c3nc4ccccc4cc32)C2=C(NC3C=CC=CC3=C2)c2ccccc21. The van der Waals surface area contributed by atoms with Crippen LogP contribution in [0.1, 0.15) is 41.5 Å². The van der Waals surface area contributed by atoms with Gasteiger partial charge in [-0.05, 0) is 46.4 Å². The summed E-state index contributed by atoms with van der Waals surface area (Å²) in [6, 6.07) is 26.8. The van der Waals surface area contributed by atoms with Gasteiger partial charge in [-0.3, -0.25) is 9.59 Å². The van der Waals surface area contributed by atoms with Crippen molar-refractivity contribution in [1.82, 2.24) is 10.3 Å². The Balaban J connectivity index is 1.44. The van der Waals surface area contributed by atoms with Crippen molar-refractivity contribution in [3.05, 3.63) is 143 Å². The van der Waals surface area contributed by atoms with Crippen LogP contribution in [0.15, 0.2) is 120 Å². The molecule has 222 valence electrons. The normalized spacial score (nSPS) is 23.3. The van der Waals surface area contributed by atoms with Gasteiger partial charge < -0.3 is 14.8 Å². The number of benzene rings is 3. The largest absolute Gasteiger partial charge is 0.469 e. The molecule has 4 aliphatic rings. The molecule has 1 aliphatic heterocycles. The van der Waals surface area contributed by atoms with E-state index in [0.717, 1.165) is 61.3 Å². The van der Waals surface area contributed by atoms with Crippen LogP contribution in [-0.2, 0) is 29.9 Å². The highest BCUT2D eigenvalue weighted by molar-refractivity contribution is 5.92. The number of nitrogens with one attached hydrogen (secondary N) is 1. The number of ether oxygens (including phenoxy) is 2. The van der Waals surface area contributed by atoms with Gasteiger partial charge in [0.15, 0.2) is 0 Å². The molecule has 0 saturated carbocycles. The van der Waals surface area contributed by atoms with Crippen molar-refractivity contribution < 1.29 is 19.1 Å². The minimum absolute atomic E-state index is 0.0308. The molecule has 1 N–H and O–H groups in total. The predicted molar refractivity (Wildman–Crippen MR) is 174 cm³/mol. The molecule has 3 unspecified atom stereocenters. The van der Waals surface area contributed by atoms with Crippen LogP contribution in [-0.4, -0.2) is 37.2 Å². The number of carbonyl (C=O) groups is 2. The first-order valence-corrected chi connectivity index (χ1v) is 15.3. The van der Waals surface area contributed by atoms with Crippen molar-refractivity contribution in [3.63, 3.8) is 0 Å². The third-order valence-corrected chi connectivity index (χ3v) is 10.1. The molecule has 0 saturated heterocycles. The smallest absolute Gasteiger partial charge is 0.306 e. The van der Waals surface area contributed by atoms with E-state index in [-0.39, 0.29) is 30.8 Å². The Morgan fingerprint density at radius 1 is 0.800 bits per heavy atom. The summed E-state index contributed by atoms with van der Waals surface area (Å²) in [5, 5.41) is 4.78. The first-order chi connectivity index (χ1) is 22.0. The first kappa shape index (κ1) is 27.3. The summed E-state index contributed by atoms with van der Waals surface area (Å²) in [6.45, 7) is 0. The third-order valence-electron chi connectivity index (χ3n) is 10.1. The standard InChI is InChI=1S/C39H32N2O4/c1-44-34(42)21-38(28-15-7-5-13-26(28)36-30(38)19-24-11-3-9-17-32(24)40-36)23-39(22-35(43)45-2)29-16-8-6-14-27(29)37-31(39)20-25-12-4-10-18-33(25)41-37/h3-20,32,40H,21-23H2,1-2H3. The highest BCUT2D eigenvalue weighted by atomic mass is 16.5. The average molecular weight is 593 g/mol. The van der Waals surface area contributed by atoms with Crippen LogP contribution >= 0.6 is 0 Å². The molecule has 8 rings (SSSR count). The zero-order valence-corrected chi connectivity index (χ0v) is 25.2. The second-order valence-electron chi connectivity index (χ2n) is 12.3. The van der Waals surface area contributed by atoms with E-state index in [1.165, 1.54) is 14.2 Å². The molecule has 3 aromatic carbocycles. The number of dihydropyridines is 1. The van der Waals surface area contributed by atoms with Crippen molar-refractivity contribution >= 4 is 28.5 Å². The average Bonchev–Trinajstić information content (AvgIpc) is 3.48. The maximum Gasteiger partial charge on any atom is 0.306 e. The topological polar surface area (TPSA) is 77.5 Å². The second kappa shape index (κ2) is 10.2. The number of allylic oxidation sites excluding steroid dienone is 4. The molecule has 0 amide bonds. The van der Waals surface area contributed by atoms with Crippen LogP contribution in [0.4, 0.5) is 0 Å². The predicted octanol–water partition coefficient (Wildman–Crippen LogP) is 6.70. The Morgan fingerprint density at radius 3 is 2.24 bits per heavy atom. The molecule has 0 spiro atoms. The van der Waals surface area contributed by atoms with Gasteiger partial charge in [-0.25, -0.2) is 4.98 Å². The van der Waals surface area contributed by atoms with E-state index in [9.17, 15) is 9.59 Å². The lowest BCUT2D eigenvalue weighted by Crippen LogP contribution is -2.42. The summed E-state index contributed by atoms with van der Waals surface area (Å²) in [6.07, 6.45) is 11.2. The lowest BCUT2D eigenvalue weighted by Gasteiger charge is -2.42. The van der Waals surface area contributed by atoms with E-state index >= 15 is 0 Å². The number of para-hydroxylation sites is 1. The highest BCUT2D eigenvalue weighted by Crippen LogP contribution is 2.61. The van der Waals surface area contributed by atoms with Crippen LogP contribution in [0.2, 0.25) is 0 Å². The van der Waals surface area contributed by atoms with Crippen molar-refractivity contribution in [2.24, 2.45) is 0 Å². The summed E-state index contributed by atoms with van der Waals surface area (Å²) < 4.78 is 10.8. The fourth-order valence-corrected chi connectivity index (χ4v) is 8.14. The molecule has 2 heterocycles. The summed E-state index contributed by atoms with van der Waals surface area (Å²) in [7, 11) is 2.87. The Hall–Kier alpha value is -5.23. The molecule has 3 atom stereocenters. The van der Waals surface area contributed by atoms with E-state index in [2.05, 4.69) is 66.0 Å². The molecule has 45 heavy (non-hydrogen) atoms. The van der Waals surface area contributed by atoms with Crippen LogP contribution in [0, 0.1) is 0 Å². The van der Waals surface area contributed by atoms with Gasteiger partial charge in [-0.2, -0.15) is 0 Å². The fourth-order valence-electron chi connectivity index (χ4n) is 8.14. The number of carbonyl (C=O) groups excluding carboxylic acids is 2. The summed E-state index contributed by atoms with van der Waals surface area (Å²) >= 11 is 0. The summed E-state index contributed by atoms with van der Waals surface area (Å²) in [4.78, 5) is 32.3. The molecule has 0 bridgehead atoms. The van der Waals surface area contributed by atoms with Gasteiger partial charge in [0.05, 0.1) is 44.3 Å². The van der Waals surface area contributed by atoms with E-state index < -0.39 is 10.8 Å². The molecule has 0 radical (unpaired) electrons. The second-order valence-corrected chi connectivity index (χ2v) is 12.3. The third kappa shape index (κ3) is 3.98. The molecule has 3 aliphatic carbocycles. The van der Waals surface area contributed by atoms with Gasteiger partial charge in [-0.1, -0.05) is 97.1 Å². The Morgan fingerprint density at radius 2 is 1.47 bits per heavy atom. The van der Waals surface area contributed by atoms with Gasteiger partial charge in [0.25, 0.3) is 0 Å². The number of methoxy groups -OCH3 is 2. The van der Waals surface area contributed by atoms with E-state index in [1.807, 2.05) is 48.5 Å². The molecule has 1 aromatic heterocycles. The zero-order valence-electron chi connectivity index (χ0n) is 25.2. The Bertz CT molecular complexity index is 2050. The van der Waals surface area contributed by atoms with E-state index in [1.54, 1.807) is 0 Å². The maximum atomic E-state index is 13.5. The molecule has 0 fully saturated rings. The zero-order chi connectivity index (χ0) is 30.8. The number of rotatable bonds is 6. The van der Waals surface area contributed by atoms with Gasteiger partial charge in [0, 0.05) is 33.0 Å². The lowest BCUT2D eigenvalue weighted by molar-refractivity contribution is -0.142. The number of esters is 2. The Labute approximate surface area is 261 Å². The van der Waals surface area contributed by atoms with Crippen molar-refractivity contribution in [2.45, 2.75) is 36.1 Å².